The Morgan fingerprint density at radius 2 is 0.879 bits per heavy atom. The normalized spacial score (nSPS) is 25.1. The van der Waals surface area contributed by atoms with Crippen LogP contribution < -0.4 is 297 Å². The van der Waals surface area contributed by atoms with E-state index in [0.717, 1.165) is 62.7 Å². The summed E-state index contributed by atoms with van der Waals surface area (Å²) < 4.78 is 15.2. The minimum Gasteiger partial charge on any atom is -0.522 e. The predicted octanol–water partition coefficient (Wildman–Crippen LogP) is -9.58. The van der Waals surface area contributed by atoms with Gasteiger partial charge >= 0.3 is 291 Å². The smallest absolute Gasteiger partial charge is 0.522 e. The number of nitrogens with two attached hydrogens (primary N) is 1. The number of hydrogen-bond acceptors (Lipinski definition) is 15. The summed E-state index contributed by atoms with van der Waals surface area (Å²) in [5.41, 5.74) is 1.13. The van der Waals surface area contributed by atoms with Crippen LogP contribution in [-0.4, -0.2) is 114 Å². The Morgan fingerprint density at radius 1 is 0.576 bits per heavy atom. The van der Waals surface area contributed by atoms with Gasteiger partial charge in [0.1, 0.15) is 11.5 Å². The molecule has 0 aromatic rings. The number of amides is 9. The molecule has 26 heteroatoms. The predicted molar refractivity (Wildman–Crippen MR) is 212 cm³/mol. The Bertz CT molecular complexity index is 1880. The molecule has 0 bridgehead atoms. The van der Waals surface area contributed by atoms with Gasteiger partial charge in [0.15, 0.2) is 35.8 Å². The Labute approximate surface area is 630 Å². The van der Waals surface area contributed by atoms with Crippen molar-refractivity contribution in [2.45, 2.75) is 111 Å². The minimum absolute atomic E-state index is 0. The molecule has 6 atom stereocenters. The average molecular weight is 1280 g/mol. The first-order chi connectivity index (χ1) is 28.9. The molecule has 3 aliphatic heterocycles. The number of fused-ring (bicyclic) bond motifs is 3. The molecule has 3 N–H and O–H groups in total. The Morgan fingerprint density at radius 3 is 1.17 bits per heavy atom. The summed E-state index contributed by atoms with van der Waals surface area (Å²) in [4.78, 5) is 108. The first-order valence-electron chi connectivity index (χ1n) is 19.8. The van der Waals surface area contributed by atoms with E-state index in [1.807, 2.05) is 0 Å². The van der Waals surface area contributed by atoms with Crippen molar-refractivity contribution in [2.75, 3.05) is 28.3 Å². The summed E-state index contributed by atoms with van der Waals surface area (Å²) in [6, 6.07) is -2.13. The molecule has 0 aromatic carbocycles. The second-order valence-corrected chi connectivity index (χ2v) is 15.1. The van der Waals surface area contributed by atoms with E-state index in [-0.39, 0.29) is 362 Å². The largest absolute Gasteiger partial charge is 1.00 e. The number of ether oxygens (including phenoxy) is 3. The van der Waals surface area contributed by atoms with Gasteiger partial charge in [0.2, 0.25) is 11.9 Å². The fourth-order valence-electron chi connectivity index (χ4n) is 9.05. The number of imide groups is 3. The molecule has 3 saturated carbocycles. The molecule has 0 aromatic heterocycles. The maximum Gasteiger partial charge on any atom is 1.00 e. The fourth-order valence-corrected chi connectivity index (χ4v) is 9.05. The third-order valence-corrected chi connectivity index (χ3v) is 11.8. The van der Waals surface area contributed by atoms with E-state index < -0.39 is 41.8 Å². The van der Waals surface area contributed by atoms with Crippen LogP contribution in [0.2, 0.25) is 0 Å². The molecule has 338 valence electrons. The van der Waals surface area contributed by atoms with Gasteiger partial charge in [-0.15, -0.1) is 20.0 Å². The number of esters is 2. The number of rotatable bonds is 7. The minimum atomic E-state index is -0.826. The van der Waals surface area contributed by atoms with Crippen molar-refractivity contribution in [3.05, 3.63) is 62.2 Å². The number of carbonyl (C=O) groups excluding carboxylic acids is 8. The first-order valence-corrected chi connectivity index (χ1v) is 19.8. The topological polar surface area (TPSA) is 281 Å². The molecule has 9 amide bonds. The zero-order valence-corrected chi connectivity index (χ0v) is 65.4. The van der Waals surface area contributed by atoms with Gasteiger partial charge in [-0.25, -0.2) is 0 Å². The Hall–Kier alpha value is 3.39. The molecule has 3 aliphatic carbocycles. The third-order valence-electron chi connectivity index (χ3n) is 11.8. The van der Waals surface area contributed by atoms with Crippen LogP contribution in [0.5, 0.6) is 0 Å². The molecule has 6 aliphatic rings. The van der Waals surface area contributed by atoms with Crippen molar-refractivity contribution in [2.24, 2.45) is 23.7 Å². The molecule has 6 fully saturated rings. The summed E-state index contributed by atoms with van der Waals surface area (Å²) >= 11 is 0. The zero-order chi connectivity index (χ0) is 45.5. The average Bonchev–Trinajstić information content (AvgIpc) is 4.08. The number of likely N-dealkylation sites (tertiary alicyclic amines) is 3. The molecule has 6 rings (SSSR count). The van der Waals surface area contributed by atoms with Crippen LogP contribution in [0.15, 0.2) is 34.0 Å². The number of carbonyl (C=O) groups is 8. The van der Waals surface area contributed by atoms with Crippen LogP contribution in [0.4, 0.5) is 14.4 Å². The standard InChI is InChI=1S/C15H21N2O5.C14H20N3O6.C11H16N2O3.5Rb/c1-8(22-14(19)9(2)21-4)12-10-6-5-7-11(10)17(13(12)18)15(20)16-3;1-7(21-13(19)8(2)22-23-15)11-9-5-4-6-10(9)17(12(11)18)14(20)16-3;1-6(14)9-7-4-3-5-8(7)13(10(9)15)11(16)12-2;;;;;/h10-11H,5-7H2,1-4H3,(H,16,20);9-10H,4-6,15H2,1-3H3,(H,16,20);7-8H,3-5H2,1-2H3,(H2,12,14,15,16);;;;;/q2*-1;;5*+1/p-3/b12-8-;11-7-;;;;;;. The van der Waals surface area contributed by atoms with E-state index in [1.165, 1.54) is 65.7 Å². The molecule has 0 spiro atoms. The van der Waals surface area contributed by atoms with Crippen molar-refractivity contribution in [1.29, 1.82) is 0 Å². The summed E-state index contributed by atoms with van der Waals surface area (Å²) in [6.07, 6.45) is 7.37. The number of methoxy groups -OCH3 is 1. The van der Waals surface area contributed by atoms with Crippen LogP contribution in [0.25, 0.3) is 16.0 Å². The molecule has 6 unspecified atom stereocenters. The quantitative estimate of drug-likeness (QED) is 0.0598. The monoisotopic (exact) mass is 1280 g/mol. The number of allylic oxidation sites excluding steroid dienone is 3. The van der Waals surface area contributed by atoms with Crippen LogP contribution >= 0.6 is 0 Å². The van der Waals surface area contributed by atoms with Crippen molar-refractivity contribution in [1.82, 2.24) is 14.7 Å². The Kier molecular flexibility index (Phi) is 37.0. The van der Waals surface area contributed by atoms with Gasteiger partial charge in [0.25, 0.3) is 0 Å². The first kappa shape index (κ1) is 71.5. The maximum absolute atomic E-state index is 12.6. The number of aliphatic hydroxyl groups excluding tert-OH is 1. The molecule has 3 saturated heterocycles. The fraction of sp³-hybridized carbons (Fsp3) is 0.600. The summed E-state index contributed by atoms with van der Waals surface area (Å²) in [6.45, 7) is 7.38. The van der Waals surface area contributed by atoms with Gasteiger partial charge in [-0.1, -0.05) is 40.4 Å². The van der Waals surface area contributed by atoms with Crippen LogP contribution in [0.1, 0.15) is 92.4 Å². The van der Waals surface area contributed by atoms with E-state index in [9.17, 15) is 43.5 Å². The van der Waals surface area contributed by atoms with Crippen LogP contribution in [0, 0.1) is 30.0 Å². The second-order valence-electron chi connectivity index (χ2n) is 15.1. The van der Waals surface area contributed by atoms with Crippen LogP contribution in [-0.2, 0) is 48.1 Å². The van der Waals surface area contributed by atoms with Gasteiger partial charge in [-0.3, -0.25) is 38.4 Å². The number of nitrogens with zero attached hydrogens (tertiary/aromatic N) is 6. The molecule has 3 heterocycles. The molecular formula is C40H54N7O14Rb5. The molecule has 66 heavy (non-hydrogen) atoms. The van der Waals surface area contributed by atoms with Gasteiger partial charge < -0.3 is 54.9 Å². The number of aliphatic hydroxyl groups is 1. The maximum atomic E-state index is 12.6. The van der Waals surface area contributed by atoms with Crippen LogP contribution in [0.3, 0.4) is 0 Å². The van der Waals surface area contributed by atoms with E-state index in [1.54, 1.807) is 6.92 Å². The number of hydrogen-bond donors (Lipinski definition) is 2. The van der Waals surface area contributed by atoms with Crippen molar-refractivity contribution in [3.63, 3.8) is 0 Å². The zero-order valence-electron chi connectivity index (χ0n) is 40.8. The van der Waals surface area contributed by atoms with E-state index in [2.05, 4.69) is 25.8 Å². The summed E-state index contributed by atoms with van der Waals surface area (Å²) in [5, 5.41) is 20.2. The third kappa shape index (κ3) is 16.9. The second kappa shape index (κ2) is 34.1. The van der Waals surface area contributed by atoms with Crippen molar-refractivity contribution < 1.29 is 358 Å². The van der Waals surface area contributed by atoms with Gasteiger partial charge in [0.05, 0.1) is 5.76 Å². The molecule has 0 radical (unpaired) electrons. The summed E-state index contributed by atoms with van der Waals surface area (Å²) in [7, 11) is 5.46. The van der Waals surface area contributed by atoms with Gasteiger partial charge in [-0.2, -0.15) is 17.0 Å². The van der Waals surface area contributed by atoms with Crippen molar-refractivity contribution >= 4 is 47.8 Å². The van der Waals surface area contributed by atoms with Gasteiger partial charge in [-0.05, 0) is 95.2 Å². The number of urea groups is 3. The van der Waals surface area contributed by atoms with E-state index >= 15 is 0 Å². The molecular weight excluding hydrogens is 1230 g/mol. The Balaban J connectivity index is 0. The molecule has 21 nitrogen and oxygen atoms in total. The summed E-state index contributed by atoms with van der Waals surface area (Å²) in [5.74, 6) is 2.17. The SMILES string of the molecule is C[N-]C(=O)N1C(=O)/C(=C(/C)O)C2CCCC21.C[N-]C(=O)N1C(=O)/C(=C(/C)OC(=O)[C-](C)OC)C2CCCC21.C[N-]C(=O)N1C(=O)/C(=C(/C)OC(=O)[C-](C)OON)C2CCCC21.[Rb+].[Rb+].[Rb+].[Rb+].[Rb+]. The van der Waals surface area contributed by atoms with Gasteiger partial charge in [0, 0.05) is 23.8 Å². The van der Waals surface area contributed by atoms with E-state index in [4.69, 9.17) is 20.1 Å². The van der Waals surface area contributed by atoms with E-state index in [0.29, 0.717) is 16.7 Å². The van der Waals surface area contributed by atoms with Crippen molar-refractivity contribution in [3.8, 4) is 0 Å².